The lowest BCUT2D eigenvalue weighted by atomic mass is 9.91. The number of ether oxygens (including phenoxy) is 2. The summed E-state index contributed by atoms with van der Waals surface area (Å²) in [6, 6.07) is 56.2. The highest BCUT2D eigenvalue weighted by molar-refractivity contribution is 8.01. The minimum absolute atomic E-state index is 0.0162. The Morgan fingerprint density at radius 2 is 1.10 bits per heavy atom. The smallest absolute Gasteiger partial charge is 0.407 e. The molecule has 0 bridgehead atoms. The van der Waals surface area contributed by atoms with Crippen molar-refractivity contribution in [1.29, 1.82) is 0 Å². The molecule has 0 unspecified atom stereocenters. The van der Waals surface area contributed by atoms with Gasteiger partial charge in [0, 0.05) is 90.0 Å². The Balaban J connectivity index is 0.998. The number of nitrogens with zero attached hydrogens (tertiary/aromatic N) is 1. The Kier molecular flexibility index (Phi) is 14.0. The maximum Gasteiger partial charge on any atom is 0.407 e. The predicted molar refractivity (Wildman–Crippen MR) is 289 cm³/mol. The summed E-state index contributed by atoms with van der Waals surface area (Å²) in [5, 5.41) is 7.87. The van der Waals surface area contributed by atoms with Crippen LogP contribution in [0.3, 0.4) is 0 Å². The molecule has 0 fully saturated rings. The van der Waals surface area contributed by atoms with Crippen molar-refractivity contribution >= 4 is 132 Å². The molecule has 12 heteroatoms. The van der Waals surface area contributed by atoms with Gasteiger partial charge in [0.25, 0.3) is 0 Å². The van der Waals surface area contributed by atoms with E-state index < -0.39 is 17.5 Å². The van der Waals surface area contributed by atoms with Gasteiger partial charge >= 0.3 is 12.1 Å². The number of carbonyl (C=O) groups is 2. The maximum absolute atomic E-state index is 13.5. The van der Waals surface area contributed by atoms with Gasteiger partial charge in [0.05, 0.1) is 16.8 Å². The standard InChI is InChI=1S/C55H44N2O4S6/c1-2-50(58)60-31-30-56-53(59)61-33-55(29-32-62-54-57-44-23-7-12-28-49(44)67-54,34-63-45-24-8-3-15-36(45)40-19-13-21-42-38-17-5-10-26-47(38)65-51(40)42)35-64-46-25-9-4-16-37(46)41-20-14-22-43-39-18-6-11-27-48(39)66-52(41)43/h2-28H,1,29-35H2,(H,56,59). The lowest BCUT2D eigenvalue weighted by Gasteiger charge is -2.33. The van der Waals surface area contributed by atoms with E-state index in [1.807, 2.05) is 52.3 Å². The third-order valence-electron chi connectivity index (χ3n) is 11.7. The Hall–Kier alpha value is -5.60. The van der Waals surface area contributed by atoms with E-state index in [4.69, 9.17) is 14.5 Å². The molecular weight excluding hydrogens is 945 g/mol. The highest BCUT2D eigenvalue weighted by Gasteiger charge is 2.34. The fourth-order valence-corrected chi connectivity index (χ4v) is 15.8. The fourth-order valence-electron chi connectivity index (χ4n) is 8.25. The summed E-state index contributed by atoms with van der Waals surface area (Å²) in [4.78, 5) is 32.5. The summed E-state index contributed by atoms with van der Waals surface area (Å²) in [6.07, 6.45) is 1.30. The second-order valence-electron chi connectivity index (χ2n) is 16.1. The monoisotopic (exact) mass is 988 g/mol. The first kappa shape index (κ1) is 45.2. The molecule has 0 saturated heterocycles. The number of amides is 1. The molecule has 3 aromatic heterocycles. The summed E-state index contributed by atoms with van der Waals surface area (Å²) < 4.78 is 18.6. The Labute approximate surface area is 413 Å². The first-order valence-electron chi connectivity index (χ1n) is 21.9. The number of thioether (sulfide) groups is 3. The fraction of sp³-hybridized carbons (Fsp3) is 0.145. The van der Waals surface area contributed by atoms with Crippen molar-refractivity contribution in [2.45, 2.75) is 20.6 Å². The lowest BCUT2D eigenvalue weighted by Crippen LogP contribution is -2.37. The number of thiophene rings is 2. The van der Waals surface area contributed by atoms with Crippen LogP contribution in [0, 0.1) is 5.41 Å². The van der Waals surface area contributed by atoms with Crippen molar-refractivity contribution in [3.05, 3.63) is 170 Å². The second-order valence-corrected chi connectivity index (χ2v) is 22.6. The van der Waals surface area contributed by atoms with Gasteiger partial charge in [-0.3, -0.25) is 0 Å². The number of hydrogen-bond donors (Lipinski definition) is 1. The van der Waals surface area contributed by atoms with E-state index in [1.54, 1.807) is 23.1 Å². The van der Waals surface area contributed by atoms with Crippen LogP contribution in [-0.4, -0.2) is 54.1 Å². The molecule has 7 aromatic carbocycles. The van der Waals surface area contributed by atoms with Crippen LogP contribution in [0.25, 0.3) is 72.8 Å². The zero-order valence-electron chi connectivity index (χ0n) is 36.3. The van der Waals surface area contributed by atoms with Gasteiger partial charge < -0.3 is 14.8 Å². The van der Waals surface area contributed by atoms with Crippen LogP contribution in [0.4, 0.5) is 4.79 Å². The van der Waals surface area contributed by atoms with Crippen LogP contribution < -0.4 is 5.32 Å². The van der Waals surface area contributed by atoms with Crippen molar-refractivity contribution in [1.82, 2.24) is 10.3 Å². The molecule has 0 saturated carbocycles. The molecule has 0 radical (unpaired) electrons. The molecule has 0 aliphatic carbocycles. The summed E-state index contributed by atoms with van der Waals surface area (Å²) in [7, 11) is 0. The number of carbonyl (C=O) groups excluding carboxylic acids is 2. The number of thiazole rings is 1. The van der Waals surface area contributed by atoms with Gasteiger partial charge in [0.1, 0.15) is 13.2 Å². The van der Waals surface area contributed by atoms with Crippen molar-refractivity contribution in [3.63, 3.8) is 0 Å². The Bertz CT molecular complexity index is 3220. The zero-order valence-corrected chi connectivity index (χ0v) is 41.2. The number of esters is 1. The molecule has 0 aliphatic rings. The SMILES string of the molecule is C=CC(=O)OCCNC(=O)OCC(CCSc1nc2ccccc2s1)(CSc1ccccc1-c1cccc2c1sc1ccccc12)CSc1ccccc1-c1cccc2c1sc1ccccc12. The molecule has 1 amide bonds. The molecule has 6 nitrogen and oxygen atoms in total. The van der Waals surface area contributed by atoms with Crippen LogP contribution in [0.2, 0.25) is 0 Å². The van der Waals surface area contributed by atoms with Crippen molar-refractivity contribution in [2.75, 3.05) is 37.0 Å². The number of fused-ring (bicyclic) bond motifs is 7. The predicted octanol–water partition coefficient (Wildman–Crippen LogP) is 15.9. The van der Waals surface area contributed by atoms with Gasteiger partial charge in [-0.05, 0) is 53.9 Å². The average molecular weight is 989 g/mol. The number of nitrogens with one attached hydrogen (secondary N) is 1. The van der Waals surface area contributed by atoms with Crippen molar-refractivity contribution in [3.8, 4) is 22.3 Å². The first-order chi connectivity index (χ1) is 32.9. The summed E-state index contributed by atoms with van der Waals surface area (Å²) in [5.74, 6) is 1.59. The quantitative estimate of drug-likeness (QED) is 0.0394. The van der Waals surface area contributed by atoms with Gasteiger partial charge in [-0.25, -0.2) is 14.6 Å². The molecule has 10 rings (SSSR count). The van der Waals surface area contributed by atoms with E-state index >= 15 is 0 Å². The van der Waals surface area contributed by atoms with Crippen LogP contribution in [0.5, 0.6) is 0 Å². The third-order valence-corrected chi connectivity index (χ3v) is 19.1. The van der Waals surface area contributed by atoms with E-state index in [0.29, 0.717) is 11.5 Å². The van der Waals surface area contributed by atoms with E-state index in [-0.39, 0.29) is 19.8 Å². The van der Waals surface area contributed by atoms with Gasteiger partial charge in [0.15, 0.2) is 4.34 Å². The number of benzene rings is 7. The normalized spacial score (nSPS) is 11.8. The number of rotatable bonds is 18. The van der Waals surface area contributed by atoms with E-state index in [9.17, 15) is 9.59 Å². The zero-order chi connectivity index (χ0) is 45.6. The first-order valence-corrected chi connectivity index (χ1v) is 27.3. The highest BCUT2D eigenvalue weighted by Crippen LogP contribution is 2.47. The lowest BCUT2D eigenvalue weighted by molar-refractivity contribution is -0.137. The van der Waals surface area contributed by atoms with Crippen molar-refractivity contribution in [2.24, 2.45) is 5.41 Å². The van der Waals surface area contributed by atoms with Crippen LogP contribution >= 0.6 is 69.3 Å². The molecule has 67 heavy (non-hydrogen) atoms. The minimum atomic E-state index is -0.554. The van der Waals surface area contributed by atoms with Gasteiger partial charge in [-0.15, -0.1) is 57.5 Å². The minimum Gasteiger partial charge on any atom is -0.461 e. The summed E-state index contributed by atoms with van der Waals surface area (Å²) >= 11 is 10.8. The number of alkyl carbamates (subject to hydrolysis) is 1. The molecule has 0 spiro atoms. The van der Waals surface area contributed by atoms with Gasteiger partial charge in [-0.1, -0.05) is 140 Å². The Morgan fingerprint density at radius 1 is 0.582 bits per heavy atom. The second kappa shape index (κ2) is 20.7. The topological polar surface area (TPSA) is 77.5 Å². The van der Waals surface area contributed by atoms with Gasteiger partial charge in [0.2, 0.25) is 0 Å². The van der Waals surface area contributed by atoms with Crippen LogP contribution in [-0.2, 0) is 14.3 Å². The van der Waals surface area contributed by atoms with Crippen LogP contribution in [0.1, 0.15) is 6.42 Å². The maximum atomic E-state index is 13.5. The molecular formula is C55H44N2O4S6. The summed E-state index contributed by atoms with van der Waals surface area (Å²) in [5.41, 5.74) is 5.30. The number of para-hydroxylation sites is 1. The molecule has 0 atom stereocenters. The molecule has 0 aliphatic heterocycles. The number of hydrogen-bond acceptors (Lipinski definition) is 11. The highest BCUT2D eigenvalue weighted by atomic mass is 32.2. The summed E-state index contributed by atoms with van der Waals surface area (Å²) in [6.45, 7) is 3.77. The Morgan fingerprint density at radius 3 is 1.70 bits per heavy atom. The third kappa shape index (κ3) is 10.0. The van der Waals surface area contributed by atoms with E-state index in [0.717, 1.165) is 32.8 Å². The number of aromatic nitrogens is 1. The van der Waals surface area contributed by atoms with Crippen LogP contribution in [0.15, 0.2) is 185 Å². The molecule has 334 valence electrons. The molecule has 1 N–H and O–H groups in total. The van der Waals surface area contributed by atoms with E-state index in [2.05, 4.69) is 164 Å². The van der Waals surface area contributed by atoms with E-state index in [1.165, 1.54) is 72.4 Å². The molecule has 10 aromatic rings. The average Bonchev–Trinajstić information content (AvgIpc) is 4.09. The van der Waals surface area contributed by atoms with Gasteiger partial charge in [-0.2, -0.15) is 0 Å². The molecule has 3 heterocycles. The largest absolute Gasteiger partial charge is 0.461 e. The van der Waals surface area contributed by atoms with Crippen molar-refractivity contribution < 1.29 is 19.1 Å².